The molecule has 0 unspecified atom stereocenters. The molecule has 0 saturated carbocycles. The van der Waals surface area contributed by atoms with Gasteiger partial charge in [-0.15, -0.1) is 0 Å². The summed E-state index contributed by atoms with van der Waals surface area (Å²) in [6.07, 6.45) is -1.67. The van der Waals surface area contributed by atoms with Gasteiger partial charge >= 0.3 is 5.97 Å². The third-order valence-corrected chi connectivity index (χ3v) is 2.44. The topological polar surface area (TPSA) is 107 Å². The molecule has 0 aromatic heterocycles. The number of aliphatic carboxylic acids is 1. The summed E-state index contributed by atoms with van der Waals surface area (Å²) in [5, 5.41) is 29.0. The van der Waals surface area contributed by atoms with E-state index in [-0.39, 0.29) is 11.3 Å². The molecular weight excluding hydrogens is 294 g/mol. The lowest BCUT2D eigenvalue weighted by molar-refractivity contribution is -0.146. The molecular formula is C10H10BrNO5. The van der Waals surface area contributed by atoms with Crippen LogP contribution in [0.25, 0.3) is 0 Å². The first kappa shape index (κ1) is 13.5. The molecule has 0 aliphatic carbocycles. The number of phenols is 1. The van der Waals surface area contributed by atoms with Gasteiger partial charge in [0.25, 0.3) is 5.91 Å². The maximum atomic E-state index is 11.5. The number of carbonyl (C=O) groups is 2. The van der Waals surface area contributed by atoms with Crippen LogP contribution in [0.2, 0.25) is 0 Å². The number of aliphatic hydroxyl groups is 1. The van der Waals surface area contributed by atoms with Crippen molar-refractivity contribution in [3.8, 4) is 5.75 Å². The van der Waals surface area contributed by atoms with E-state index in [4.69, 9.17) is 10.2 Å². The number of hydrogen-bond donors (Lipinski definition) is 4. The van der Waals surface area contributed by atoms with Gasteiger partial charge in [-0.1, -0.05) is 15.9 Å². The molecule has 0 fully saturated rings. The number of carbonyl (C=O) groups excluding carboxylic acids is 1. The number of halogens is 1. The lowest BCUT2D eigenvalue weighted by atomic mass is 10.2. The van der Waals surface area contributed by atoms with Crippen LogP contribution in [0.1, 0.15) is 10.4 Å². The van der Waals surface area contributed by atoms with Crippen molar-refractivity contribution in [3.63, 3.8) is 0 Å². The second kappa shape index (κ2) is 5.65. The zero-order valence-electron chi connectivity index (χ0n) is 8.55. The van der Waals surface area contributed by atoms with Crippen LogP contribution in [0.5, 0.6) is 5.75 Å². The first-order chi connectivity index (χ1) is 7.91. The summed E-state index contributed by atoms with van der Waals surface area (Å²) in [5.74, 6) is -2.32. The Hall–Kier alpha value is -1.60. The van der Waals surface area contributed by atoms with Gasteiger partial charge in [0, 0.05) is 4.47 Å². The molecule has 0 heterocycles. The molecule has 92 valence electrons. The minimum absolute atomic E-state index is 0.00536. The summed E-state index contributed by atoms with van der Waals surface area (Å²) >= 11 is 3.12. The van der Waals surface area contributed by atoms with Crippen molar-refractivity contribution in [1.29, 1.82) is 0 Å². The van der Waals surface area contributed by atoms with Crippen molar-refractivity contribution in [3.05, 3.63) is 28.2 Å². The van der Waals surface area contributed by atoms with Gasteiger partial charge in [-0.2, -0.15) is 0 Å². The lowest BCUT2D eigenvalue weighted by Gasteiger charge is -2.08. The van der Waals surface area contributed by atoms with Crippen LogP contribution in [0.4, 0.5) is 0 Å². The quantitative estimate of drug-likeness (QED) is 0.641. The summed E-state index contributed by atoms with van der Waals surface area (Å²) in [6, 6.07) is 4.27. The fourth-order valence-corrected chi connectivity index (χ4v) is 1.42. The SMILES string of the molecule is O=C(NC[C@H](O)C(=O)O)c1ccc(Br)cc1O. The van der Waals surface area contributed by atoms with E-state index in [1.165, 1.54) is 12.1 Å². The van der Waals surface area contributed by atoms with E-state index < -0.39 is 24.5 Å². The van der Waals surface area contributed by atoms with E-state index in [1.54, 1.807) is 6.07 Å². The first-order valence-electron chi connectivity index (χ1n) is 4.59. The highest BCUT2D eigenvalue weighted by Crippen LogP contribution is 2.21. The number of carboxylic acid groups (broad SMARTS) is 1. The summed E-state index contributed by atoms with van der Waals surface area (Å²) in [6.45, 7) is -0.427. The van der Waals surface area contributed by atoms with Gasteiger partial charge in [0.15, 0.2) is 6.10 Å². The van der Waals surface area contributed by atoms with Crippen LogP contribution in [-0.4, -0.2) is 39.8 Å². The number of amides is 1. The summed E-state index contributed by atoms with van der Waals surface area (Å²) in [4.78, 5) is 21.8. The molecule has 1 aromatic carbocycles. The Kier molecular flexibility index (Phi) is 4.47. The van der Waals surface area contributed by atoms with Gasteiger partial charge in [0.2, 0.25) is 0 Å². The Labute approximate surface area is 105 Å². The number of rotatable bonds is 4. The zero-order chi connectivity index (χ0) is 13.0. The number of aliphatic hydroxyl groups excluding tert-OH is 1. The van der Waals surface area contributed by atoms with Gasteiger partial charge in [-0.3, -0.25) is 4.79 Å². The first-order valence-corrected chi connectivity index (χ1v) is 5.38. The normalized spacial score (nSPS) is 11.9. The highest BCUT2D eigenvalue weighted by molar-refractivity contribution is 9.10. The summed E-state index contributed by atoms with van der Waals surface area (Å²) < 4.78 is 0.608. The Morgan fingerprint density at radius 1 is 1.41 bits per heavy atom. The maximum absolute atomic E-state index is 11.5. The lowest BCUT2D eigenvalue weighted by Crippen LogP contribution is -2.36. The van der Waals surface area contributed by atoms with Gasteiger partial charge in [0.1, 0.15) is 5.75 Å². The largest absolute Gasteiger partial charge is 0.507 e. The van der Waals surface area contributed by atoms with Crippen LogP contribution < -0.4 is 5.32 Å². The molecule has 0 spiro atoms. The van der Waals surface area contributed by atoms with E-state index in [0.717, 1.165) is 0 Å². The molecule has 7 heteroatoms. The smallest absolute Gasteiger partial charge is 0.334 e. The Bertz CT molecular complexity index is 448. The Balaban J connectivity index is 2.67. The summed E-state index contributed by atoms with van der Waals surface area (Å²) in [7, 11) is 0. The standard InChI is InChI=1S/C10H10BrNO5/c11-5-1-2-6(7(13)3-5)9(15)12-4-8(14)10(16)17/h1-3,8,13-14H,4H2,(H,12,15)(H,16,17)/t8-/m0/s1. The van der Waals surface area contributed by atoms with Gasteiger partial charge in [0.05, 0.1) is 12.1 Å². The minimum Gasteiger partial charge on any atom is -0.507 e. The Morgan fingerprint density at radius 2 is 2.06 bits per heavy atom. The fourth-order valence-electron chi connectivity index (χ4n) is 1.07. The van der Waals surface area contributed by atoms with E-state index in [0.29, 0.717) is 4.47 Å². The second-order valence-electron chi connectivity index (χ2n) is 3.23. The number of phenolic OH excluding ortho intramolecular Hbond substituents is 1. The van der Waals surface area contributed by atoms with Crippen molar-refractivity contribution >= 4 is 27.8 Å². The molecule has 1 amide bonds. The monoisotopic (exact) mass is 303 g/mol. The van der Waals surface area contributed by atoms with Crippen molar-refractivity contribution < 1.29 is 24.9 Å². The van der Waals surface area contributed by atoms with Crippen LogP contribution in [0, 0.1) is 0 Å². The molecule has 6 nitrogen and oxygen atoms in total. The highest BCUT2D eigenvalue weighted by Gasteiger charge is 2.16. The molecule has 1 rings (SSSR count). The third kappa shape index (κ3) is 3.72. The maximum Gasteiger partial charge on any atom is 0.334 e. The predicted octanol–water partition coefficient (Wildman–Crippen LogP) is 0.330. The molecule has 17 heavy (non-hydrogen) atoms. The number of nitrogens with one attached hydrogen (secondary N) is 1. The fraction of sp³-hybridized carbons (Fsp3) is 0.200. The predicted molar refractivity (Wildman–Crippen MR) is 61.8 cm³/mol. The molecule has 0 radical (unpaired) electrons. The second-order valence-corrected chi connectivity index (χ2v) is 4.14. The van der Waals surface area contributed by atoms with Crippen molar-refractivity contribution in [2.24, 2.45) is 0 Å². The Morgan fingerprint density at radius 3 is 2.59 bits per heavy atom. The van der Waals surface area contributed by atoms with E-state index in [1.807, 2.05) is 0 Å². The van der Waals surface area contributed by atoms with Crippen LogP contribution in [-0.2, 0) is 4.79 Å². The summed E-state index contributed by atoms with van der Waals surface area (Å²) in [5.41, 5.74) is 0.00536. The zero-order valence-corrected chi connectivity index (χ0v) is 10.1. The van der Waals surface area contributed by atoms with Crippen molar-refractivity contribution in [2.45, 2.75) is 6.10 Å². The molecule has 0 aliphatic rings. The molecule has 1 atom stereocenters. The van der Waals surface area contributed by atoms with Gasteiger partial charge in [-0.25, -0.2) is 4.79 Å². The number of hydrogen-bond acceptors (Lipinski definition) is 4. The average molecular weight is 304 g/mol. The molecule has 0 aliphatic heterocycles. The average Bonchev–Trinajstić information content (AvgIpc) is 2.25. The minimum atomic E-state index is -1.67. The van der Waals surface area contributed by atoms with Gasteiger partial charge < -0.3 is 20.6 Å². The number of carboxylic acids is 1. The van der Waals surface area contributed by atoms with Gasteiger partial charge in [-0.05, 0) is 18.2 Å². The van der Waals surface area contributed by atoms with E-state index >= 15 is 0 Å². The van der Waals surface area contributed by atoms with Crippen molar-refractivity contribution in [2.75, 3.05) is 6.54 Å². The molecule has 4 N–H and O–H groups in total. The molecule has 1 aromatic rings. The van der Waals surface area contributed by atoms with Crippen molar-refractivity contribution in [1.82, 2.24) is 5.32 Å². The highest BCUT2D eigenvalue weighted by atomic mass is 79.9. The van der Waals surface area contributed by atoms with E-state index in [2.05, 4.69) is 21.2 Å². The molecule has 0 saturated heterocycles. The van der Waals surface area contributed by atoms with E-state index in [9.17, 15) is 14.7 Å². The van der Waals surface area contributed by atoms with Crippen LogP contribution in [0.3, 0.4) is 0 Å². The number of aromatic hydroxyl groups is 1. The van der Waals surface area contributed by atoms with Crippen LogP contribution >= 0.6 is 15.9 Å². The third-order valence-electron chi connectivity index (χ3n) is 1.95. The number of benzene rings is 1. The molecule has 0 bridgehead atoms. The van der Waals surface area contributed by atoms with Crippen LogP contribution in [0.15, 0.2) is 22.7 Å².